The number of amides is 1. The fourth-order valence-electron chi connectivity index (χ4n) is 1.62. The predicted molar refractivity (Wildman–Crippen MR) is 65.1 cm³/mol. The molecule has 0 radical (unpaired) electrons. The summed E-state index contributed by atoms with van der Waals surface area (Å²) in [5, 5.41) is 9.57. The molecule has 0 aliphatic heterocycles. The number of rotatable bonds is 3. The van der Waals surface area contributed by atoms with Gasteiger partial charge in [-0.25, -0.2) is 4.98 Å². The maximum Gasteiger partial charge on any atom is 0.276 e. The Morgan fingerprint density at radius 2 is 2.22 bits per heavy atom. The van der Waals surface area contributed by atoms with E-state index in [9.17, 15) is 9.90 Å². The molecule has 0 saturated carbocycles. The zero-order valence-electron chi connectivity index (χ0n) is 10.3. The number of aryl methyl sites for hydroxylation is 1. The van der Waals surface area contributed by atoms with Gasteiger partial charge in [-0.1, -0.05) is 0 Å². The lowest BCUT2D eigenvalue weighted by Crippen LogP contribution is -2.26. The van der Waals surface area contributed by atoms with Crippen molar-refractivity contribution in [3.05, 3.63) is 47.7 Å². The predicted octanol–water partition coefficient (Wildman–Crippen LogP) is 1.96. The standard InChI is InChI=1S/C13H14N2O3/c1-9-5-6-10(18-9)8-15(2)13(17)12-11(16)4-3-7-14-12/h3-7,16H,8H2,1-2H3. The van der Waals surface area contributed by atoms with Gasteiger partial charge in [-0.3, -0.25) is 4.79 Å². The van der Waals surface area contributed by atoms with Crippen molar-refractivity contribution >= 4 is 5.91 Å². The lowest BCUT2D eigenvalue weighted by Gasteiger charge is -2.15. The monoisotopic (exact) mass is 246 g/mol. The van der Waals surface area contributed by atoms with Gasteiger partial charge in [0.05, 0.1) is 6.54 Å². The molecule has 18 heavy (non-hydrogen) atoms. The van der Waals surface area contributed by atoms with Crippen LogP contribution in [0.1, 0.15) is 22.0 Å². The summed E-state index contributed by atoms with van der Waals surface area (Å²) < 4.78 is 5.39. The van der Waals surface area contributed by atoms with Gasteiger partial charge < -0.3 is 14.4 Å². The molecule has 0 aromatic carbocycles. The second-order valence-electron chi connectivity index (χ2n) is 4.04. The first-order valence-electron chi connectivity index (χ1n) is 5.52. The van der Waals surface area contributed by atoms with Gasteiger partial charge in [-0.05, 0) is 31.2 Å². The maximum atomic E-state index is 12.0. The fraction of sp³-hybridized carbons (Fsp3) is 0.231. The van der Waals surface area contributed by atoms with E-state index in [0.717, 1.165) is 5.76 Å². The summed E-state index contributed by atoms with van der Waals surface area (Å²) in [5.41, 5.74) is 0.0447. The average Bonchev–Trinajstić information content (AvgIpc) is 2.74. The van der Waals surface area contributed by atoms with E-state index in [1.54, 1.807) is 13.1 Å². The van der Waals surface area contributed by atoms with Gasteiger partial charge in [0, 0.05) is 13.2 Å². The van der Waals surface area contributed by atoms with Gasteiger partial charge >= 0.3 is 0 Å². The quantitative estimate of drug-likeness (QED) is 0.899. The smallest absolute Gasteiger partial charge is 0.276 e. The van der Waals surface area contributed by atoms with Gasteiger partial charge in [-0.15, -0.1) is 0 Å². The van der Waals surface area contributed by atoms with Gasteiger partial charge in [0.1, 0.15) is 17.3 Å². The SMILES string of the molecule is Cc1ccc(CN(C)C(=O)c2ncccc2O)o1. The van der Waals surface area contributed by atoms with Crippen LogP contribution >= 0.6 is 0 Å². The molecule has 2 heterocycles. The molecular weight excluding hydrogens is 232 g/mol. The number of hydrogen-bond acceptors (Lipinski definition) is 4. The minimum absolute atomic E-state index is 0.0447. The molecule has 0 atom stereocenters. The summed E-state index contributed by atoms with van der Waals surface area (Å²) in [7, 11) is 1.63. The summed E-state index contributed by atoms with van der Waals surface area (Å²) in [6.07, 6.45) is 1.47. The Labute approximate surface area is 105 Å². The third kappa shape index (κ3) is 2.51. The van der Waals surface area contributed by atoms with Gasteiger partial charge in [0.2, 0.25) is 0 Å². The molecule has 0 aliphatic carbocycles. The van der Waals surface area contributed by atoms with Crippen molar-refractivity contribution in [3.8, 4) is 5.75 Å². The molecule has 94 valence electrons. The van der Waals surface area contributed by atoms with Crippen molar-refractivity contribution in [1.29, 1.82) is 0 Å². The van der Waals surface area contributed by atoms with E-state index in [1.807, 2.05) is 19.1 Å². The van der Waals surface area contributed by atoms with Crippen LogP contribution < -0.4 is 0 Å². The lowest BCUT2D eigenvalue weighted by molar-refractivity contribution is 0.0766. The Bertz CT molecular complexity index is 563. The second-order valence-corrected chi connectivity index (χ2v) is 4.04. The largest absolute Gasteiger partial charge is 0.505 e. The van der Waals surface area contributed by atoms with Crippen LogP contribution in [0, 0.1) is 6.92 Å². The van der Waals surface area contributed by atoms with Crippen molar-refractivity contribution in [2.24, 2.45) is 0 Å². The second kappa shape index (κ2) is 4.91. The van der Waals surface area contributed by atoms with Crippen LogP contribution in [0.2, 0.25) is 0 Å². The topological polar surface area (TPSA) is 66.6 Å². The van der Waals surface area contributed by atoms with Gasteiger partial charge in [-0.2, -0.15) is 0 Å². The fourth-order valence-corrected chi connectivity index (χ4v) is 1.62. The summed E-state index contributed by atoms with van der Waals surface area (Å²) >= 11 is 0. The number of carbonyl (C=O) groups excluding carboxylic acids is 1. The Morgan fingerprint density at radius 1 is 1.44 bits per heavy atom. The van der Waals surface area contributed by atoms with Crippen LogP contribution in [0.15, 0.2) is 34.9 Å². The normalized spacial score (nSPS) is 10.3. The Kier molecular flexibility index (Phi) is 3.32. The van der Waals surface area contributed by atoms with Crippen LogP contribution in [0.5, 0.6) is 5.75 Å². The Morgan fingerprint density at radius 3 is 2.83 bits per heavy atom. The molecule has 1 amide bonds. The van der Waals surface area contributed by atoms with Crippen molar-refractivity contribution in [2.45, 2.75) is 13.5 Å². The number of carbonyl (C=O) groups is 1. The summed E-state index contributed by atoms with van der Waals surface area (Å²) in [6, 6.07) is 6.66. The molecule has 0 spiro atoms. The number of hydrogen-bond donors (Lipinski definition) is 1. The van der Waals surface area contributed by atoms with Crippen LogP contribution in [0.3, 0.4) is 0 Å². The molecule has 2 aromatic heterocycles. The first-order valence-corrected chi connectivity index (χ1v) is 5.52. The van der Waals surface area contributed by atoms with Gasteiger partial charge in [0.25, 0.3) is 5.91 Å². The van der Waals surface area contributed by atoms with Crippen LogP contribution in [0.25, 0.3) is 0 Å². The minimum Gasteiger partial charge on any atom is -0.505 e. The van der Waals surface area contributed by atoms with E-state index in [2.05, 4.69) is 4.98 Å². The van der Waals surface area contributed by atoms with Crippen molar-refractivity contribution < 1.29 is 14.3 Å². The molecule has 0 unspecified atom stereocenters. The Hall–Kier alpha value is -2.30. The van der Waals surface area contributed by atoms with E-state index >= 15 is 0 Å². The van der Waals surface area contributed by atoms with Crippen molar-refractivity contribution in [1.82, 2.24) is 9.88 Å². The zero-order valence-corrected chi connectivity index (χ0v) is 10.3. The zero-order chi connectivity index (χ0) is 13.1. The summed E-state index contributed by atoms with van der Waals surface area (Å²) in [5.74, 6) is 1.03. The molecule has 5 heteroatoms. The van der Waals surface area contributed by atoms with E-state index in [4.69, 9.17) is 4.42 Å². The summed E-state index contributed by atoms with van der Waals surface area (Å²) in [6.45, 7) is 2.18. The molecule has 2 rings (SSSR count). The minimum atomic E-state index is -0.345. The third-order valence-electron chi connectivity index (χ3n) is 2.52. The number of aromatic nitrogens is 1. The Balaban J connectivity index is 2.12. The molecule has 1 N–H and O–H groups in total. The third-order valence-corrected chi connectivity index (χ3v) is 2.52. The first-order chi connectivity index (χ1) is 8.58. The molecule has 5 nitrogen and oxygen atoms in total. The molecular formula is C13H14N2O3. The first kappa shape index (κ1) is 12.2. The number of pyridine rings is 1. The van der Waals surface area contributed by atoms with Crippen molar-refractivity contribution in [2.75, 3.05) is 7.05 Å². The van der Waals surface area contributed by atoms with Crippen LogP contribution in [0.4, 0.5) is 0 Å². The molecule has 0 aliphatic rings. The molecule has 0 saturated heterocycles. The van der Waals surface area contributed by atoms with Gasteiger partial charge in [0.15, 0.2) is 5.69 Å². The number of furan rings is 1. The number of nitrogens with zero attached hydrogens (tertiary/aromatic N) is 2. The lowest BCUT2D eigenvalue weighted by atomic mass is 10.3. The van der Waals surface area contributed by atoms with Crippen LogP contribution in [-0.4, -0.2) is 27.9 Å². The highest BCUT2D eigenvalue weighted by Crippen LogP contribution is 2.16. The summed E-state index contributed by atoms with van der Waals surface area (Å²) in [4.78, 5) is 17.4. The van der Waals surface area contributed by atoms with Crippen molar-refractivity contribution in [3.63, 3.8) is 0 Å². The molecule has 0 bridgehead atoms. The molecule has 0 fully saturated rings. The maximum absolute atomic E-state index is 12.0. The number of aromatic hydroxyl groups is 1. The van der Waals surface area contributed by atoms with E-state index < -0.39 is 0 Å². The average molecular weight is 246 g/mol. The van der Waals surface area contributed by atoms with E-state index in [1.165, 1.54) is 17.2 Å². The highest BCUT2D eigenvalue weighted by atomic mass is 16.3. The van der Waals surface area contributed by atoms with Crippen LogP contribution in [-0.2, 0) is 6.54 Å². The van der Waals surface area contributed by atoms with E-state index in [0.29, 0.717) is 12.3 Å². The highest BCUT2D eigenvalue weighted by molar-refractivity contribution is 5.94. The van der Waals surface area contributed by atoms with E-state index in [-0.39, 0.29) is 17.4 Å². The molecule has 2 aromatic rings. The highest BCUT2D eigenvalue weighted by Gasteiger charge is 2.17.